The Balaban J connectivity index is 1.56. The fraction of sp³-hybridized carbons (Fsp3) is 0.474. The molecule has 0 radical (unpaired) electrons. The number of hydrogen-bond acceptors (Lipinski definition) is 8. The SMILES string of the molecule is CN1CCCN(c2cc(NC3CC3)n3ncc(C=C4SC(=O)NC4=O)c3n2)CC1. The number of carbonyl (C=O) groups is 2. The van der Waals surface area contributed by atoms with E-state index in [0.717, 1.165) is 74.4 Å². The van der Waals surface area contributed by atoms with Crippen LogP contribution in [0.5, 0.6) is 0 Å². The zero-order valence-corrected chi connectivity index (χ0v) is 17.0. The van der Waals surface area contributed by atoms with E-state index >= 15 is 0 Å². The van der Waals surface area contributed by atoms with E-state index in [1.165, 1.54) is 0 Å². The number of aromatic nitrogens is 3. The average Bonchev–Trinajstić information content (AvgIpc) is 3.38. The van der Waals surface area contributed by atoms with E-state index in [1.54, 1.807) is 16.8 Å². The molecule has 3 aliphatic rings. The Morgan fingerprint density at radius 2 is 2.10 bits per heavy atom. The number of nitrogens with zero attached hydrogens (tertiary/aromatic N) is 5. The molecule has 2 amide bonds. The third kappa shape index (κ3) is 3.82. The van der Waals surface area contributed by atoms with E-state index in [9.17, 15) is 9.59 Å². The number of carbonyl (C=O) groups excluding carboxylic acids is 2. The molecule has 152 valence electrons. The first-order valence-electron chi connectivity index (χ1n) is 9.90. The van der Waals surface area contributed by atoms with Crippen LogP contribution >= 0.6 is 11.8 Å². The highest BCUT2D eigenvalue weighted by molar-refractivity contribution is 8.18. The first-order valence-corrected chi connectivity index (χ1v) is 10.7. The Labute approximate surface area is 172 Å². The van der Waals surface area contributed by atoms with Gasteiger partial charge in [0.2, 0.25) is 0 Å². The van der Waals surface area contributed by atoms with Gasteiger partial charge in [-0.05, 0) is 50.7 Å². The molecular formula is C19H23N7O2S. The fourth-order valence-corrected chi connectivity index (χ4v) is 4.28. The molecule has 0 aromatic carbocycles. The van der Waals surface area contributed by atoms with Crippen molar-refractivity contribution in [1.29, 1.82) is 0 Å². The zero-order valence-electron chi connectivity index (χ0n) is 16.2. The summed E-state index contributed by atoms with van der Waals surface area (Å²) in [6.45, 7) is 3.94. The van der Waals surface area contributed by atoms with E-state index < -0.39 is 0 Å². The third-order valence-corrected chi connectivity index (χ3v) is 6.20. The van der Waals surface area contributed by atoms with Crippen molar-refractivity contribution in [3.05, 3.63) is 22.7 Å². The van der Waals surface area contributed by atoms with E-state index in [0.29, 0.717) is 16.6 Å². The van der Waals surface area contributed by atoms with Crippen LogP contribution in [0.1, 0.15) is 24.8 Å². The van der Waals surface area contributed by atoms with Gasteiger partial charge < -0.3 is 15.1 Å². The van der Waals surface area contributed by atoms with E-state index in [-0.39, 0.29) is 11.1 Å². The minimum Gasteiger partial charge on any atom is -0.367 e. The zero-order chi connectivity index (χ0) is 20.0. The monoisotopic (exact) mass is 413 g/mol. The smallest absolute Gasteiger partial charge is 0.290 e. The highest BCUT2D eigenvalue weighted by Gasteiger charge is 2.27. The number of anilines is 2. The number of amides is 2. The van der Waals surface area contributed by atoms with Crippen molar-refractivity contribution in [3.8, 4) is 0 Å². The normalized spacial score (nSPS) is 22.4. The number of nitrogens with one attached hydrogen (secondary N) is 2. The molecule has 29 heavy (non-hydrogen) atoms. The van der Waals surface area contributed by atoms with Gasteiger partial charge >= 0.3 is 0 Å². The van der Waals surface area contributed by atoms with Gasteiger partial charge in [-0.3, -0.25) is 14.9 Å². The van der Waals surface area contributed by atoms with Crippen LogP contribution < -0.4 is 15.5 Å². The minimum absolute atomic E-state index is 0.351. The van der Waals surface area contributed by atoms with Gasteiger partial charge in [0.25, 0.3) is 11.1 Å². The minimum atomic E-state index is -0.373. The average molecular weight is 414 g/mol. The Morgan fingerprint density at radius 1 is 1.24 bits per heavy atom. The topological polar surface area (TPSA) is 94.9 Å². The summed E-state index contributed by atoms with van der Waals surface area (Å²) in [7, 11) is 2.15. The molecule has 2 N–H and O–H groups in total. The standard InChI is InChI=1S/C19H23N7O2S/c1-24-5-2-6-25(8-7-24)15-10-16(21-13-3-4-13)26-17(22-15)12(11-20-26)9-14-18(27)23-19(28)29-14/h9-11,13,21H,2-8H2,1H3,(H,23,27,28). The molecular weight excluding hydrogens is 390 g/mol. The Hall–Kier alpha value is -2.59. The maximum atomic E-state index is 12.0. The Morgan fingerprint density at radius 3 is 2.86 bits per heavy atom. The highest BCUT2D eigenvalue weighted by Crippen LogP contribution is 2.30. The van der Waals surface area contributed by atoms with Crippen molar-refractivity contribution in [2.75, 3.05) is 43.4 Å². The number of hydrogen-bond donors (Lipinski definition) is 2. The summed E-state index contributed by atoms with van der Waals surface area (Å²) in [6.07, 6.45) is 6.80. The van der Waals surface area contributed by atoms with Crippen LogP contribution in [0.4, 0.5) is 16.4 Å². The lowest BCUT2D eigenvalue weighted by Crippen LogP contribution is -2.29. The summed E-state index contributed by atoms with van der Waals surface area (Å²) in [6, 6.07) is 2.55. The molecule has 9 nitrogen and oxygen atoms in total. The number of fused-ring (bicyclic) bond motifs is 1. The predicted octanol–water partition coefficient (Wildman–Crippen LogP) is 1.77. The van der Waals surface area contributed by atoms with Crippen molar-refractivity contribution in [1.82, 2.24) is 24.8 Å². The molecule has 0 unspecified atom stereocenters. The van der Waals surface area contributed by atoms with Crippen molar-refractivity contribution in [3.63, 3.8) is 0 Å². The molecule has 2 aromatic heterocycles. The van der Waals surface area contributed by atoms with Crippen LogP contribution in [0, 0.1) is 0 Å². The van der Waals surface area contributed by atoms with Gasteiger partial charge in [0.15, 0.2) is 5.65 Å². The molecule has 1 aliphatic carbocycles. The van der Waals surface area contributed by atoms with E-state index in [1.807, 2.05) is 0 Å². The second kappa shape index (κ2) is 7.34. The number of likely N-dealkylation sites (N-methyl/N-ethyl adjacent to an activating group) is 1. The molecule has 0 atom stereocenters. The van der Waals surface area contributed by atoms with Crippen LogP contribution in [0.15, 0.2) is 17.2 Å². The lowest BCUT2D eigenvalue weighted by atomic mass is 10.3. The van der Waals surface area contributed by atoms with Crippen molar-refractivity contribution in [2.45, 2.75) is 25.3 Å². The molecule has 4 heterocycles. The fourth-order valence-electron chi connectivity index (χ4n) is 3.61. The molecule has 2 aromatic rings. The maximum absolute atomic E-state index is 12.0. The molecule has 2 saturated heterocycles. The van der Waals surface area contributed by atoms with Gasteiger partial charge in [0.05, 0.1) is 11.1 Å². The van der Waals surface area contributed by atoms with Crippen molar-refractivity contribution < 1.29 is 9.59 Å². The Bertz CT molecular complexity index is 1010. The molecule has 3 fully saturated rings. The van der Waals surface area contributed by atoms with Crippen LogP contribution in [0.3, 0.4) is 0 Å². The molecule has 5 rings (SSSR count). The quantitative estimate of drug-likeness (QED) is 0.733. The first-order chi connectivity index (χ1) is 14.1. The van der Waals surface area contributed by atoms with Crippen LogP contribution in [0.25, 0.3) is 11.7 Å². The summed E-state index contributed by atoms with van der Waals surface area (Å²) in [5, 5.41) is 9.99. The van der Waals surface area contributed by atoms with Crippen molar-refractivity contribution >= 4 is 46.3 Å². The third-order valence-electron chi connectivity index (χ3n) is 5.39. The van der Waals surface area contributed by atoms with Gasteiger partial charge in [0, 0.05) is 37.3 Å². The van der Waals surface area contributed by atoms with Crippen LogP contribution in [-0.2, 0) is 4.79 Å². The lowest BCUT2D eigenvalue weighted by molar-refractivity contribution is -0.115. The van der Waals surface area contributed by atoms with Crippen LogP contribution in [0.2, 0.25) is 0 Å². The number of thioether (sulfide) groups is 1. The van der Waals surface area contributed by atoms with E-state index in [4.69, 9.17) is 4.98 Å². The second-order valence-electron chi connectivity index (χ2n) is 7.75. The number of rotatable bonds is 4. The predicted molar refractivity (Wildman–Crippen MR) is 113 cm³/mol. The highest BCUT2D eigenvalue weighted by atomic mass is 32.2. The van der Waals surface area contributed by atoms with Gasteiger partial charge in [-0.2, -0.15) is 9.61 Å². The summed E-state index contributed by atoms with van der Waals surface area (Å²) in [4.78, 5) is 33.4. The summed E-state index contributed by atoms with van der Waals surface area (Å²) < 4.78 is 1.79. The van der Waals surface area contributed by atoms with E-state index in [2.05, 4.69) is 38.6 Å². The van der Waals surface area contributed by atoms with Crippen molar-refractivity contribution in [2.24, 2.45) is 0 Å². The van der Waals surface area contributed by atoms with Gasteiger partial charge in [0.1, 0.15) is 11.6 Å². The van der Waals surface area contributed by atoms with Gasteiger partial charge in [-0.15, -0.1) is 0 Å². The van der Waals surface area contributed by atoms with Gasteiger partial charge in [-0.1, -0.05) is 0 Å². The number of imide groups is 1. The first kappa shape index (κ1) is 18.4. The van der Waals surface area contributed by atoms with Crippen LogP contribution in [-0.4, -0.2) is 69.9 Å². The largest absolute Gasteiger partial charge is 0.367 e. The Kier molecular flexibility index (Phi) is 4.67. The molecule has 2 aliphatic heterocycles. The summed E-state index contributed by atoms with van der Waals surface area (Å²) in [5.41, 5.74) is 1.41. The molecule has 0 bridgehead atoms. The lowest BCUT2D eigenvalue weighted by Gasteiger charge is -2.23. The second-order valence-corrected chi connectivity index (χ2v) is 8.76. The summed E-state index contributed by atoms with van der Waals surface area (Å²) >= 11 is 0.906. The molecule has 10 heteroatoms. The maximum Gasteiger partial charge on any atom is 0.290 e. The van der Waals surface area contributed by atoms with Gasteiger partial charge in [-0.25, -0.2) is 4.98 Å². The molecule has 0 spiro atoms. The molecule has 1 saturated carbocycles. The summed E-state index contributed by atoms with van der Waals surface area (Å²) in [5.74, 6) is 1.45.